The predicted octanol–water partition coefficient (Wildman–Crippen LogP) is 1.32. The van der Waals surface area contributed by atoms with E-state index in [1.54, 1.807) is 12.3 Å². The summed E-state index contributed by atoms with van der Waals surface area (Å²) in [6.45, 7) is 1.72. The minimum absolute atomic E-state index is 0.107. The zero-order valence-electron chi connectivity index (χ0n) is 10.1. The molecule has 2 aliphatic heterocycles. The van der Waals surface area contributed by atoms with Crippen molar-refractivity contribution in [2.24, 2.45) is 0 Å². The molecule has 0 amide bonds. The Morgan fingerprint density at radius 1 is 1.39 bits per heavy atom. The minimum atomic E-state index is -0.348. The summed E-state index contributed by atoms with van der Waals surface area (Å²) in [6, 6.07) is 2.79. The van der Waals surface area contributed by atoms with E-state index in [1.807, 2.05) is 0 Å². The maximum absolute atomic E-state index is 11.0. The summed E-state index contributed by atoms with van der Waals surface area (Å²) >= 11 is 0. The number of hydrogen-bond acceptors (Lipinski definition) is 5. The van der Waals surface area contributed by atoms with Gasteiger partial charge in [0.25, 0.3) is 0 Å². The molecular formula is C12H16N4O2. The molecule has 18 heavy (non-hydrogen) atoms. The number of hydrogen-bond donors (Lipinski definition) is 1. The zero-order chi connectivity index (χ0) is 12.5. The molecule has 2 bridgehead atoms. The van der Waals surface area contributed by atoms with Crippen molar-refractivity contribution in [3.8, 4) is 0 Å². The van der Waals surface area contributed by atoms with Gasteiger partial charge < -0.3 is 10.2 Å². The summed E-state index contributed by atoms with van der Waals surface area (Å²) in [5.41, 5.74) is 0.805. The van der Waals surface area contributed by atoms with Crippen LogP contribution in [0.5, 0.6) is 0 Å². The lowest BCUT2D eigenvalue weighted by atomic mass is 10.1. The van der Waals surface area contributed by atoms with Crippen LogP contribution in [0.25, 0.3) is 0 Å². The van der Waals surface area contributed by atoms with Gasteiger partial charge in [-0.25, -0.2) is 0 Å². The highest BCUT2D eigenvalue weighted by atomic mass is 16.6. The quantitative estimate of drug-likeness (QED) is 0.631. The number of aromatic nitrogens is 1. The lowest BCUT2D eigenvalue weighted by Crippen LogP contribution is -2.35. The van der Waals surface area contributed by atoms with E-state index in [0.717, 1.165) is 19.5 Å². The molecular weight excluding hydrogens is 232 g/mol. The van der Waals surface area contributed by atoms with Crippen LogP contribution in [-0.2, 0) is 0 Å². The van der Waals surface area contributed by atoms with Crippen molar-refractivity contribution in [1.82, 2.24) is 10.3 Å². The van der Waals surface area contributed by atoms with Crippen molar-refractivity contribution in [2.75, 3.05) is 18.0 Å². The second kappa shape index (κ2) is 4.53. The van der Waals surface area contributed by atoms with Gasteiger partial charge >= 0.3 is 5.69 Å². The van der Waals surface area contributed by atoms with Gasteiger partial charge in [-0.05, 0) is 25.3 Å². The predicted molar refractivity (Wildman–Crippen MR) is 67.7 cm³/mol. The van der Waals surface area contributed by atoms with Gasteiger partial charge in [-0.1, -0.05) is 0 Å². The van der Waals surface area contributed by atoms with Gasteiger partial charge in [-0.15, -0.1) is 0 Å². The molecule has 2 atom stereocenters. The van der Waals surface area contributed by atoms with Gasteiger partial charge in [0.15, 0.2) is 0 Å². The van der Waals surface area contributed by atoms with Crippen molar-refractivity contribution >= 4 is 11.4 Å². The average molecular weight is 248 g/mol. The van der Waals surface area contributed by atoms with Crippen molar-refractivity contribution < 1.29 is 4.92 Å². The summed E-state index contributed by atoms with van der Waals surface area (Å²) in [4.78, 5) is 16.7. The average Bonchev–Trinajstić information content (AvgIpc) is 2.69. The molecule has 96 valence electrons. The first kappa shape index (κ1) is 11.4. The Labute approximate surface area is 105 Å². The topological polar surface area (TPSA) is 71.3 Å². The van der Waals surface area contributed by atoms with Crippen LogP contribution in [-0.4, -0.2) is 35.1 Å². The standard InChI is InChI=1S/C12H16N4O2/c17-16(18)12-7-13-5-3-11(12)15-6-4-9-1-2-10(8-15)14-9/h3,5,7,9-10,14H,1-2,4,6,8H2. The number of nitrogens with zero attached hydrogens (tertiary/aromatic N) is 3. The second-order valence-corrected chi connectivity index (χ2v) is 4.99. The summed E-state index contributed by atoms with van der Waals surface area (Å²) in [5.74, 6) is 0. The van der Waals surface area contributed by atoms with E-state index in [0.29, 0.717) is 17.8 Å². The van der Waals surface area contributed by atoms with Crippen molar-refractivity contribution in [1.29, 1.82) is 0 Å². The first-order valence-corrected chi connectivity index (χ1v) is 6.33. The first-order chi connectivity index (χ1) is 8.74. The summed E-state index contributed by atoms with van der Waals surface area (Å²) in [6.07, 6.45) is 6.41. The number of nitrogens with one attached hydrogen (secondary N) is 1. The number of rotatable bonds is 2. The molecule has 2 saturated heterocycles. The first-order valence-electron chi connectivity index (χ1n) is 6.33. The molecule has 1 N–H and O–H groups in total. The van der Waals surface area contributed by atoms with E-state index in [4.69, 9.17) is 0 Å². The Morgan fingerprint density at radius 3 is 3.06 bits per heavy atom. The molecule has 1 aromatic heterocycles. The smallest absolute Gasteiger partial charge is 0.310 e. The molecule has 1 aromatic rings. The van der Waals surface area contributed by atoms with Crippen LogP contribution in [0.2, 0.25) is 0 Å². The lowest BCUT2D eigenvalue weighted by Gasteiger charge is -2.25. The highest BCUT2D eigenvalue weighted by Gasteiger charge is 2.31. The van der Waals surface area contributed by atoms with Gasteiger partial charge in [-0.3, -0.25) is 15.1 Å². The summed E-state index contributed by atoms with van der Waals surface area (Å²) < 4.78 is 0. The molecule has 2 fully saturated rings. The van der Waals surface area contributed by atoms with Gasteiger partial charge in [-0.2, -0.15) is 0 Å². The number of anilines is 1. The normalized spacial score (nSPS) is 27.0. The molecule has 6 nitrogen and oxygen atoms in total. The number of fused-ring (bicyclic) bond motifs is 2. The van der Waals surface area contributed by atoms with E-state index < -0.39 is 0 Å². The van der Waals surface area contributed by atoms with E-state index in [9.17, 15) is 10.1 Å². The van der Waals surface area contributed by atoms with Gasteiger partial charge in [0.1, 0.15) is 11.9 Å². The molecule has 2 unspecified atom stereocenters. The van der Waals surface area contributed by atoms with Crippen LogP contribution in [0.4, 0.5) is 11.4 Å². The highest BCUT2D eigenvalue weighted by molar-refractivity contribution is 5.61. The van der Waals surface area contributed by atoms with Crippen molar-refractivity contribution in [3.63, 3.8) is 0 Å². The third-order valence-corrected chi connectivity index (χ3v) is 3.84. The Balaban J connectivity index is 1.88. The molecule has 6 heteroatoms. The van der Waals surface area contributed by atoms with E-state index >= 15 is 0 Å². The Bertz CT molecular complexity index is 465. The summed E-state index contributed by atoms with van der Waals surface area (Å²) in [5, 5.41) is 14.6. The fraction of sp³-hybridized carbons (Fsp3) is 0.583. The van der Waals surface area contributed by atoms with E-state index in [-0.39, 0.29) is 10.6 Å². The fourth-order valence-corrected chi connectivity index (χ4v) is 2.95. The summed E-state index contributed by atoms with van der Waals surface area (Å²) in [7, 11) is 0. The van der Waals surface area contributed by atoms with E-state index in [1.165, 1.54) is 19.0 Å². The monoisotopic (exact) mass is 248 g/mol. The molecule has 2 aliphatic rings. The maximum Gasteiger partial charge on any atom is 0.310 e. The Hall–Kier alpha value is -1.69. The molecule has 0 saturated carbocycles. The lowest BCUT2D eigenvalue weighted by molar-refractivity contribution is -0.384. The van der Waals surface area contributed by atoms with Gasteiger partial charge in [0.2, 0.25) is 0 Å². The highest BCUT2D eigenvalue weighted by Crippen LogP contribution is 2.30. The SMILES string of the molecule is O=[N+]([O-])c1cnccc1N1CCC2CCC(C1)N2. The van der Waals surface area contributed by atoms with Crippen LogP contribution < -0.4 is 10.2 Å². The van der Waals surface area contributed by atoms with Crippen LogP contribution in [0, 0.1) is 10.1 Å². The molecule has 0 aliphatic carbocycles. The minimum Gasteiger partial charge on any atom is -0.364 e. The van der Waals surface area contributed by atoms with Gasteiger partial charge in [0, 0.05) is 31.4 Å². The van der Waals surface area contributed by atoms with Crippen molar-refractivity contribution in [3.05, 3.63) is 28.6 Å². The second-order valence-electron chi connectivity index (χ2n) is 4.99. The van der Waals surface area contributed by atoms with E-state index in [2.05, 4.69) is 15.2 Å². The van der Waals surface area contributed by atoms with Crippen LogP contribution in [0.15, 0.2) is 18.5 Å². The molecule has 0 radical (unpaired) electrons. The van der Waals surface area contributed by atoms with Crippen LogP contribution in [0.3, 0.4) is 0 Å². The number of nitro groups is 1. The number of pyridine rings is 1. The van der Waals surface area contributed by atoms with Crippen LogP contribution in [0.1, 0.15) is 19.3 Å². The maximum atomic E-state index is 11.0. The molecule has 3 rings (SSSR count). The zero-order valence-corrected chi connectivity index (χ0v) is 10.1. The van der Waals surface area contributed by atoms with Crippen LogP contribution >= 0.6 is 0 Å². The fourth-order valence-electron chi connectivity index (χ4n) is 2.95. The third kappa shape index (κ3) is 2.03. The third-order valence-electron chi connectivity index (χ3n) is 3.84. The largest absolute Gasteiger partial charge is 0.364 e. The molecule has 0 aromatic carbocycles. The Kier molecular flexibility index (Phi) is 2.87. The van der Waals surface area contributed by atoms with Gasteiger partial charge in [0.05, 0.1) is 4.92 Å². The Morgan fingerprint density at radius 2 is 2.22 bits per heavy atom. The molecule has 0 spiro atoms. The van der Waals surface area contributed by atoms with Crippen molar-refractivity contribution in [2.45, 2.75) is 31.3 Å². The molecule has 3 heterocycles.